The topological polar surface area (TPSA) is 64.2 Å². The third-order valence-corrected chi connectivity index (χ3v) is 5.00. The van der Waals surface area contributed by atoms with Gasteiger partial charge in [-0.2, -0.15) is 9.90 Å². The second kappa shape index (κ2) is 7.72. The number of hydrogen-bond donors (Lipinski definition) is 2. The van der Waals surface area contributed by atoms with Crippen LogP contribution in [0.3, 0.4) is 0 Å². The highest BCUT2D eigenvalue weighted by Gasteiger charge is 2.29. The first-order valence-corrected chi connectivity index (χ1v) is 9.37. The SMILES string of the molecule is Cc1nn(-c2ccccc2)nc1C(=O)N[C@H]1CC[NH+](Cc2ccccc2)C1. The molecule has 0 radical (unpaired) electrons. The number of aryl methyl sites for hydroxylation is 1. The van der Waals surface area contributed by atoms with Crippen LogP contribution >= 0.6 is 0 Å². The molecule has 2 atom stereocenters. The summed E-state index contributed by atoms with van der Waals surface area (Å²) in [6, 6.07) is 20.3. The highest BCUT2D eigenvalue weighted by molar-refractivity contribution is 5.93. The quantitative estimate of drug-likeness (QED) is 0.716. The summed E-state index contributed by atoms with van der Waals surface area (Å²) in [6.45, 7) is 4.82. The molecule has 0 aliphatic carbocycles. The zero-order chi connectivity index (χ0) is 18.6. The predicted molar refractivity (Wildman–Crippen MR) is 103 cm³/mol. The lowest BCUT2D eigenvalue weighted by molar-refractivity contribution is -0.901. The van der Waals surface area contributed by atoms with Crippen molar-refractivity contribution in [1.82, 2.24) is 20.3 Å². The van der Waals surface area contributed by atoms with E-state index >= 15 is 0 Å². The lowest BCUT2D eigenvalue weighted by atomic mass is 10.2. The molecule has 1 saturated heterocycles. The summed E-state index contributed by atoms with van der Waals surface area (Å²) in [7, 11) is 0. The molecule has 1 fully saturated rings. The van der Waals surface area contributed by atoms with E-state index in [1.54, 1.807) is 0 Å². The van der Waals surface area contributed by atoms with Crippen molar-refractivity contribution in [1.29, 1.82) is 0 Å². The fourth-order valence-electron chi connectivity index (χ4n) is 3.62. The van der Waals surface area contributed by atoms with Gasteiger partial charge in [0.15, 0.2) is 5.69 Å². The minimum Gasteiger partial charge on any atom is -0.342 e. The number of benzene rings is 2. The van der Waals surface area contributed by atoms with E-state index in [4.69, 9.17) is 0 Å². The van der Waals surface area contributed by atoms with E-state index < -0.39 is 0 Å². The Morgan fingerprint density at radius 2 is 1.81 bits per heavy atom. The third-order valence-electron chi connectivity index (χ3n) is 5.00. The third kappa shape index (κ3) is 4.06. The zero-order valence-corrected chi connectivity index (χ0v) is 15.4. The van der Waals surface area contributed by atoms with Gasteiger partial charge in [0.25, 0.3) is 5.91 Å². The van der Waals surface area contributed by atoms with E-state index in [-0.39, 0.29) is 11.9 Å². The molecule has 4 rings (SSSR count). The van der Waals surface area contributed by atoms with Crippen LogP contribution in [-0.4, -0.2) is 40.0 Å². The Labute approximate surface area is 158 Å². The molecule has 6 nitrogen and oxygen atoms in total. The number of nitrogens with one attached hydrogen (secondary N) is 2. The van der Waals surface area contributed by atoms with Crippen LogP contribution in [0.15, 0.2) is 60.7 Å². The van der Waals surface area contributed by atoms with Gasteiger partial charge in [-0.15, -0.1) is 5.10 Å². The highest BCUT2D eigenvalue weighted by atomic mass is 16.2. The first kappa shape index (κ1) is 17.4. The molecule has 1 aliphatic heterocycles. The molecule has 3 aromatic rings. The smallest absolute Gasteiger partial charge is 0.274 e. The van der Waals surface area contributed by atoms with Crippen LogP contribution in [0.2, 0.25) is 0 Å². The Hall–Kier alpha value is -2.99. The fraction of sp³-hybridized carbons (Fsp3) is 0.286. The standard InChI is InChI=1S/C21H23N5O/c1-16-20(24-26(23-16)19-10-6-3-7-11-19)21(27)22-18-12-13-25(15-18)14-17-8-4-2-5-9-17/h2-11,18H,12-15H2,1H3,(H,22,27)/p+1/t18-/m0/s1. The van der Waals surface area contributed by atoms with Crippen LogP contribution in [0.5, 0.6) is 0 Å². The number of nitrogens with zero attached hydrogens (tertiary/aromatic N) is 3. The van der Waals surface area contributed by atoms with Crippen LogP contribution in [0.4, 0.5) is 0 Å². The monoisotopic (exact) mass is 362 g/mol. The number of hydrogen-bond acceptors (Lipinski definition) is 3. The maximum Gasteiger partial charge on any atom is 0.274 e. The molecule has 27 heavy (non-hydrogen) atoms. The van der Waals surface area contributed by atoms with Crippen LogP contribution in [0.25, 0.3) is 5.69 Å². The van der Waals surface area contributed by atoms with Crippen LogP contribution < -0.4 is 10.2 Å². The summed E-state index contributed by atoms with van der Waals surface area (Å²) in [6.07, 6.45) is 0.986. The van der Waals surface area contributed by atoms with E-state index in [1.807, 2.05) is 43.3 Å². The number of carbonyl (C=O) groups is 1. The molecular formula is C21H24N5O+. The normalized spacial score (nSPS) is 19.1. The summed E-state index contributed by atoms with van der Waals surface area (Å²) in [5.41, 5.74) is 3.22. The Kier molecular flexibility index (Phi) is 4.98. The van der Waals surface area contributed by atoms with Gasteiger partial charge in [-0.1, -0.05) is 48.5 Å². The van der Waals surface area contributed by atoms with Crippen molar-refractivity contribution in [2.75, 3.05) is 13.1 Å². The van der Waals surface area contributed by atoms with E-state index in [0.717, 1.165) is 31.7 Å². The molecule has 6 heteroatoms. The van der Waals surface area contributed by atoms with Crippen molar-refractivity contribution in [2.45, 2.75) is 25.9 Å². The lowest BCUT2D eigenvalue weighted by Crippen LogP contribution is -3.09. The molecule has 1 aromatic heterocycles. The van der Waals surface area contributed by atoms with Crippen molar-refractivity contribution in [3.63, 3.8) is 0 Å². The predicted octanol–water partition coefficient (Wildman–Crippen LogP) is 1.16. The fourth-order valence-corrected chi connectivity index (χ4v) is 3.62. The average molecular weight is 362 g/mol. The van der Waals surface area contributed by atoms with Crippen LogP contribution in [0.1, 0.15) is 28.2 Å². The van der Waals surface area contributed by atoms with Crippen molar-refractivity contribution < 1.29 is 9.69 Å². The second-order valence-electron chi connectivity index (χ2n) is 7.08. The van der Waals surface area contributed by atoms with Gasteiger partial charge in [0.2, 0.25) is 0 Å². The zero-order valence-electron chi connectivity index (χ0n) is 15.4. The molecule has 1 amide bonds. The largest absolute Gasteiger partial charge is 0.342 e. The van der Waals surface area contributed by atoms with E-state index in [1.165, 1.54) is 15.3 Å². The first-order chi connectivity index (χ1) is 13.2. The number of aromatic nitrogens is 3. The summed E-state index contributed by atoms with van der Waals surface area (Å²) in [5, 5.41) is 11.9. The maximum absolute atomic E-state index is 12.7. The molecule has 0 spiro atoms. The number of rotatable bonds is 5. The molecular weight excluding hydrogens is 338 g/mol. The number of likely N-dealkylation sites (tertiary alicyclic amines) is 1. The number of carbonyl (C=O) groups excluding carboxylic acids is 1. The van der Waals surface area contributed by atoms with Gasteiger partial charge in [0.05, 0.1) is 30.5 Å². The van der Waals surface area contributed by atoms with Crippen molar-refractivity contribution in [3.05, 3.63) is 77.6 Å². The van der Waals surface area contributed by atoms with Crippen LogP contribution in [-0.2, 0) is 6.54 Å². The van der Waals surface area contributed by atoms with Crippen molar-refractivity contribution in [2.24, 2.45) is 0 Å². The Balaban J connectivity index is 1.38. The van der Waals surface area contributed by atoms with E-state index in [2.05, 4.69) is 39.8 Å². The van der Waals surface area contributed by atoms with Gasteiger partial charge in [-0.3, -0.25) is 4.79 Å². The summed E-state index contributed by atoms with van der Waals surface area (Å²) < 4.78 is 0. The van der Waals surface area contributed by atoms with Gasteiger partial charge in [-0.25, -0.2) is 0 Å². The first-order valence-electron chi connectivity index (χ1n) is 9.37. The van der Waals surface area contributed by atoms with Crippen LogP contribution in [0, 0.1) is 6.92 Å². The Morgan fingerprint density at radius 1 is 1.11 bits per heavy atom. The molecule has 2 aromatic carbocycles. The highest BCUT2D eigenvalue weighted by Crippen LogP contribution is 2.09. The molecule has 1 unspecified atom stereocenters. The molecule has 0 saturated carbocycles. The van der Waals surface area contributed by atoms with Gasteiger partial charge >= 0.3 is 0 Å². The second-order valence-corrected chi connectivity index (χ2v) is 7.08. The lowest BCUT2D eigenvalue weighted by Gasteiger charge is -2.14. The molecule has 2 N–H and O–H groups in total. The molecule has 138 valence electrons. The minimum atomic E-state index is -0.138. The molecule has 2 heterocycles. The van der Waals surface area contributed by atoms with Gasteiger partial charge in [-0.05, 0) is 19.1 Å². The van der Waals surface area contributed by atoms with Crippen molar-refractivity contribution in [3.8, 4) is 5.69 Å². The summed E-state index contributed by atoms with van der Waals surface area (Å²) in [5.74, 6) is -0.138. The number of amides is 1. The van der Waals surface area contributed by atoms with Crippen molar-refractivity contribution >= 4 is 5.91 Å². The van der Waals surface area contributed by atoms with E-state index in [0.29, 0.717) is 11.4 Å². The Bertz CT molecular complexity index is 907. The average Bonchev–Trinajstić information content (AvgIpc) is 3.29. The summed E-state index contributed by atoms with van der Waals surface area (Å²) in [4.78, 5) is 15.7. The summed E-state index contributed by atoms with van der Waals surface area (Å²) >= 11 is 0. The molecule has 1 aliphatic rings. The van der Waals surface area contributed by atoms with E-state index in [9.17, 15) is 4.79 Å². The maximum atomic E-state index is 12.7. The van der Waals surface area contributed by atoms with Gasteiger partial charge in [0.1, 0.15) is 6.54 Å². The van der Waals surface area contributed by atoms with Gasteiger partial charge < -0.3 is 10.2 Å². The molecule has 0 bridgehead atoms. The number of quaternary nitrogens is 1. The van der Waals surface area contributed by atoms with Gasteiger partial charge in [0, 0.05) is 12.0 Å². The Morgan fingerprint density at radius 3 is 2.56 bits per heavy atom. The minimum absolute atomic E-state index is 0.138. The number of para-hydroxylation sites is 1.